The van der Waals surface area contributed by atoms with E-state index < -0.39 is 0 Å². The molecule has 0 bridgehead atoms. The normalized spacial score (nSPS) is 14.2. The van der Waals surface area contributed by atoms with Gasteiger partial charge in [-0.05, 0) is 55.8 Å². The minimum Gasteiger partial charge on any atom is -0.493 e. The number of hydrogen-bond acceptors (Lipinski definition) is 4. The zero-order chi connectivity index (χ0) is 18.7. The summed E-state index contributed by atoms with van der Waals surface area (Å²) < 4.78 is 16.4. The van der Waals surface area contributed by atoms with E-state index in [-0.39, 0.29) is 11.5 Å². The van der Waals surface area contributed by atoms with Crippen LogP contribution in [0.3, 0.4) is 0 Å². The molecule has 26 heavy (non-hydrogen) atoms. The van der Waals surface area contributed by atoms with Gasteiger partial charge in [-0.3, -0.25) is 4.79 Å². The molecule has 2 aromatic carbocycles. The summed E-state index contributed by atoms with van der Waals surface area (Å²) in [6.07, 6.45) is 3.98. The molecule has 1 aliphatic heterocycles. The van der Waals surface area contributed by atoms with Gasteiger partial charge >= 0.3 is 0 Å². The number of carbonyl (C=O) groups excluding carboxylic acids is 1. The highest BCUT2D eigenvalue weighted by Gasteiger charge is 2.22. The molecule has 1 heterocycles. The first-order valence-corrected chi connectivity index (χ1v) is 8.43. The lowest BCUT2D eigenvalue weighted by molar-refractivity contribution is 0.0950. The van der Waals surface area contributed by atoms with E-state index in [1.165, 1.54) is 0 Å². The van der Waals surface area contributed by atoms with Gasteiger partial charge in [-0.15, -0.1) is 0 Å². The first kappa shape index (κ1) is 17.9. The number of hydrogen-bond donors (Lipinski definition) is 1. The Hall–Kier alpha value is -2.95. The Balaban J connectivity index is 1.69. The van der Waals surface area contributed by atoms with Crippen LogP contribution in [-0.2, 0) is 6.54 Å². The van der Waals surface area contributed by atoms with Crippen LogP contribution in [0.15, 0.2) is 42.5 Å². The zero-order valence-electron chi connectivity index (χ0n) is 15.5. The molecule has 3 rings (SSSR count). The van der Waals surface area contributed by atoms with Gasteiger partial charge in [0.2, 0.25) is 0 Å². The molecule has 0 saturated heterocycles. The van der Waals surface area contributed by atoms with E-state index in [1.807, 2.05) is 56.3 Å². The number of nitrogens with one attached hydrogen (secondary N) is 1. The molecular formula is C21H23NO4. The summed E-state index contributed by atoms with van der Waals surface area (Å²) in [4.78, 5) is 12.5. The van der Waals surface area contributed by atoms with Gasteiger partial charge in [-0.2, -0.15) is 0 Å². The number of benzene rings is 2. The van der Waals surface area contributed by atoms with Crippen molar-refractivity contribution >= 4 is 12.0 Å². The van der Waals surface area contributed by atoms with Gasteiger partial charge in [0.1, 0.15) is 11.4 Å². The number of ether oxygens (including phenoxy) is 3. The van der Waals surface area contributed by atoms with Gasteiger partial charge in [-0.1, -0.05) is 12.1 Å². The van der Waals surface area contributed by atoms with Crippen molar-refractivity contribution in [2.24, 2.45) is 0 Å². The van der Waals surface area contributed by atoms with E-state index >= 15 is 0 Å². The smallest absolute Gasteiger partial charge is 0.251 e. The van der Waals surface area contributed by atoms with Crippen molar-refractivity contribution in [1.82, 2.24) is 5.32 Å². The molecule has 1 aliphatic rings. The molecule has 136 valence electrons. The third kappa shape index (κ3) is 3.82. The van der Waals surface area contributed by atoms with E-state index in [0.29, 0.717) is 23.6 Å². The van der Waals surface area contributed by atoms with E-state index in [4.69, 9.17) is 14.2 Å². The molecule has 0 fully saturated rings. The molecule has 0 unspecified atom stereocenters. The second kappa shape index (κ2) is 7.12. The Morgan fingerprint density at radius 2 is 1.85 bits per heavy atom. The minimum absolute atomic E-state index is 0.138. The minimum atomic E-state index is -0.329. The molecule has 1 N–H and O–H groups in total. The fourth-order valence-corrected chi connectivity index (χ4v) is 2.80. The average Bonchev–Trinajstić information content (AvgIpc) is 2.64. The quantitative estimate of drug-likeness (QED) is 0.888. The Bertz CT molecular complexity index is 855. The maximum Gasteiger partial charge on any atom is 0.251 e. The van der Waals surface area contributed by atoms with Crippen LogP contribution in [0.4, 0.5) is 0 Å². The van der Waals surface area contributed by atoms with Crippen LogP contribution in [0.1, 0.15) is 35.3 Å². The van der Waals surface area contributed by atoms with Crippen molar-refractivity contribution in [3.8, 4) is 17.2 Å². The molecular weight excluding hydrogens is 330 g/mol. The van der Waals surface area contributed by atoms with E-state index in [1.54, 1.807) is 20.3 Å². The molecule has 0 atom stereocenters. The van der Waals surface area contributed by atoms with Crippen LogP contribution in [-0.4, -0.2) is 25.7 Å². The first-order chi connectivity index (χ1) is 12.4. The monoisotopic (exact) mass is 353 g/mol. The van der Waals surface area contributed by atoms with Crippen molar-refractivity contribution in [2.75, 3.05) is 14.2 Å². The summed E-state index contributed by atoms with van der Waals surface area (Å²) in [6.45, 7) is 4.39. The van der Waals surface area contributed by atoms with Crippen LogP contribution in [0.5, 0.6) is 17.2 Å². The van der Waals surface area contributed by atoms with Gasteiger partial charge < -0.3 is 19.5 Å². The molecule has 2 aromatic rings. The molecule has 1 amide bonds. The lowest BCUT2D eigenvalue weighted by Crippen LogP contribution is -2.28. The van der Waals surface area contributed by atoms with E-state index in [9.17, 15) is 4.79 Å². The second-order valence-corrected chi connectivity index (χ2v) is 6.66. The van der Waals surface area contributed by atoms with Crippen LogP contribution in [0, 0.1) is 0 Å². The summed E-state index contributed by atoms with van der Waals surface area (Å²) >= 11 is 0. The van der Waals surface area contributed by atoms with Crippen LogP contribution >= 0.6 is 0 Å². The molecule has 0 spiro atoms. The third-order valence-electron chi connectivity index (χ3n) is 4.21. The number of methoxy groups -OCH3 is 2. The zero-order valence-corrected chi connectivity index (χ0v) is 15.5. The van der Waals surface area contributed by atoms with Crippen molar-refractivity contribution in [2.45, 2.75) is 26.0 Å². The van der Waals surface area contributed by atoms with Gasteiger partial charge in [0.05, 0.1) is 14.2 Å². The lowest BCUT2D eigenvalue weighted by atomic mass is 10.0. The Morgan fingerprint density at radius 1 is 1.08 bits per heavy atom. The van der Waals surface area contributed by atoms with Crippen LogP contribution < -0.4 is 19.5 Å². The SMILES string of the molecule is COc1ccc(CNC(=O)c2ccc3c(c2)C=CC(C)(C)O3)cc1OC. The second-order valence-electron chi connectivity index (χ2n) is 6.66. The summed E-state index contributed by atoms with van der Waals surface area (Å²) in [5, 5.41) is 2.93. The Labute approximate surface area is 153 Å². The average molecular weight is 353 g/mol. The van der Waals surface area contributed by atoms with Crippen molar-refractivity contribution in [1.29, 1.82) is 0 Å². The predicted octanol–water partition coefficient (Wildman–Crippen LogP) is 3.82. The number of fused-ring (bicyclic) bond motifs is 1. The van der Waals surface area contributed by atoms with Gasteiger partial charge in [0.15, 0.2) is 11.5 Å². The van der Waals surface area contributed by atoms with Crippen molar-refractivity contribution in [3.63, 3.8) is 0 Å². The van der Waals surface area contributed by atoms with E-state index in [2.05, 4.69) is 5.32 Å². The number of carbonyl (C=O) groups is 1. The molecule has 0 aromatic heterocycles. The fraction of sp³-hybridized carbons (Fsp3) is 0.286. The maximum absolute atomic E-state index is 12.5. The summed E-state index contributed by atoms with van der Waals surface area (Å²) in [6, 6.07) is 11.0. The Kier molecular flexibility index (Phi) is 4.89. The van der Waals surface area contributed by atoms with Gasteiger partial charge in [0, 0.05) is 17.7 Å². The summed E-state index contributed by atoms with van der Waals surface area (Å²) in [5.74, 6) is 1.94. The molecule has 5 nitrogen and oxygen atoms in total. The lowest BCUT2D eigenvalue weighted by Gasteiger charge is -2.27. The highest BCUT2D eigenvalue weighted by Crippen LogP contribution is 2.31. The van der Waals surface area contributed by atoms with Crippen molar-refractivity contribution in [3.05, 3.63) is 59.2 Å². The van der Waals surface area contributed by atoms with Crippen LogP contribution in [0.2, 0.25) is 0 Å². The van der Waals surface area contributed by atoms with Crippen LogP contribution in [0.25, 0.3) is 6.08 Å². The molecule has 0 radical (unpaired) electrons. The fourth-order valence-electron chi connectivity index (χ4n) is 2.80. The largest absolute Gasteiger partial charge is 0.493 e. The maximum atomic E-state index is 12.5. The van der Waals surface area contributed by atoms with Gasteiger partial charge in [-0.25, -0.2) is 0 Å². The topological polar surface area (TPSA) is 56.8 Å². The van der Waals surface area contributed by atoms with Crippen molar-refractivity contribution < 1.29 is 19.0 Å². The van der Waals surface area contributed by atoms with Gasteiger partial charge in [0.25, 0.3) is 5.91 Å². The standard InChI is InChI=1S/C21H23NO4/c1-21(2)10-9-15-12-16(6-8-17(15)26-21)20(23)22-13-14-5-7-18(24-3)19(11-14)25-4/h5-12H,13H2,1-4H3,(H,22,23). The number of amides is 1. The third-order valence-corrected chi connectivity index (χ3v) is 4.21. The predicted molar refractivity (Wildman–Crippen MR) is 101 cm³/mol. The highest BCUT2D eigenvalue weighted by atomic mass is 16.5. The first-order valence-electron chi connectivity index (χ1n) is 8.43. The Morgan fingerprint density at radius 3 is 2.58 bits per heavy atom. The van der Waals surface area contributed by atoms with E-state index in [0.717, 1.165) is 16.9 Å². The highest BCUT2D eigenvalue weighted by molar-refractivity contribution is 5.95. The summed E-state index contributed by atoms with van der Waals surface area (Å²) in [5.41, 5.74) is 2.10. The molecule has 0 aliphatic carbocycles. The summed E-state index contributed by atoms with van der Waals surface area (Å²) in [7, 11) is 3.18. The molecule has 5 heteroatoms. The number of rotatable bonds is 5. The molecule has 0 saturated carbocycles.